The third-order valence-electron chi connectivity index (χ3n) is 3.92. The Labute approximate surface area is 137 Å². The Balaban J connectivity index is 2.01. The maximum Gasteiger partial charge on any atom is 0.341 e. The minimum absolute atomic E-state index is 0.301. The quantitative estimate of drug-likeness (QED) is 0.919. The van der Waals surface area contributed by atoms with E-state index in [0.717, 1.165) is 13.1 Å². The molecule has 2 aromatic rings. The lowest BCUT2D eigenvalue weighted by Gasteiger charge is -2.26. The molecule has 2 heterocycles. The lowest BCUT2D eigenvalue weighted by atomic mass is 10.1. The lowest BCUT2D eigenvalue weighted by molar-refractivity contribution is 0.0341. The zero-order valence-electron chi connectivity index (χ0n) is 12.9. The van der Waals surface area contributed by atoms with Crippen LogP contribution in [0.4, 0.5) is 4.39 Å². The van der Waals surface area contributed by atoms with Crippen molar-refractivity contribution >= 4 is 5.97 Å². The van der Waals surface area contributed by atoms with Gasteiger partial charge in [0.25, 0.3) is 5.56 Å². The van der Waals surface area contributed by atoms with Crippen LogP contribution >= 0.6 is 0 Å². The summed E-state index contributed by atoms with van der Waals surface area (Å²) in [5, 5.41) is 9.30. The van der Waals surface area contributed by atoms with Crippen LogP contribution in [0.25, 0.3) is 5.69 Å². The van der Waals surface area contributed by atoms with E-state index in [-0.39, 0.29) is 5.56 Å². The average Bonchev–Trinajstić information content (AvgIpc) is 2.58. The fourth-order valence-corrected chi connectivity index (χ4v) is 2.69. The molecule has 1 fully saturated rings. The number of carbonyl (C=O) groups is 1. The number of benzene rings is 1. The monoisotopic (exact) mass is 332 g/mol. The number of ether oxygens (including phenoxy) is 1. The Morgan fingerprint density at radius 1 is 1.21 bits per heavy atom. The molecule has 6 nitrogen and oxygen atoms in total. The summed E-state index contributed by atoms with van der Waals surface area (Å²) in [5.74, 6) is -1.70. The van der Waals surface area contributed by atoms with E-state index >= 15 is 0 Å². The summed E-state index contributed by atoms with van der Waals surface area (Å²) in [6.07, 6.45) is 1.61. The van der Waals surface area contributed by atoms with Crippen LogP contribution in [0.15, 0.2) is 41.3 Å². The molecule has 1 aliphatic rings. The number of carboxylic acids is 1. The Kier molecular flexibility index (Phi) is 4.73. The van der Waals surface area contributed by atoms with Crippen LogP contribution in [0, 0.1) is 5.82 Å². The van der Waals surface area contributed by atoms with Crippen molar-refractivity contribution in [3.05, 3.63) is 63.8 Å². The van der Waals surface area contributed by atoms with Gasteiger partial charge in [-0.25, -0.2) is 9.18 Å². The Morgan fingerprint density at radius 2 is 1.88 bits per heavy atom. The van der Waals surface area contributed by atoms with Crippen LogP contribution in [-0.2, 0) is 11.3 Å². The molecule has 1 saturated heterocycles. The molecule has 24 heavy (non-hydrogen) atoms. The molecule has 0 spiro atoms. The number of aromatic nitrogens is 1. The third kappa shape index (κ3) is 3.52. The third-order valence-corrected chi connectivity index (χ3v) is 3.92. The molecule has 3 rings (SSSR count). The highest BCUT2D eigenvalue weighted by molar-refractivity contribution is 5.87. The Hall–Kier alpha value is -2.51. The number of rotatable bonds is 4. The van der Waals surface area contributed by atoms with E-state index in [1.807, 2.05) is 0 Å². The first kappa shape index (κ1) is 16.4. The highest BCUT2D eigenvalue weighted by atomic mass is 19.1. The molecule has 1 aliphatic heterocycles. The molecular formula is C17H17FN2O4. The number of aromatic carboxylic acids is 1. The van der Waals surface area contributed by atoms with Gasteiger partial charge < -0.3 is 9.84 Å². The van der Waals surface area contributed by atoms with Gasteiger partial charge in [0, 0.05) is 31.5 Å². The maximum absolute atomic E-state index is 13.1. The maximum atomic E-state index is 13.1. The number of hydrogen-bond donors (Lipinski definition) is 1. The van der Waals surface area contributed by atoms with E-state index < -0.39 is 17.3 Å². The van der Waals surface area contributed by atoms with Crippen LogP contribution < -0.4 is 5.56 Å². The summed E-state index contributed by atoms with van der Waals surface area (Å²) in [4.78, 5) is 25.9. The molecule has 1 N–H and O–H groups in total. The highest BCUT2D eigenvalue weighted by Gasteiger charge is 2.17. The summed E-state index contributed by atoms with van der Waals surface area (Å²) in [7, 11) is 0. The van der Waals surface area contributed by atoms with Crippen LogP contribution in [-0.4, -0.2) is 46.8 Å². The van der Waals surface area contributed by atoms with Crippen molar-refractivity contribution < 1.29 is 19.0 Å². The van der Waals surface area contributed by atoms with Gasteiger partial charge in [-0.2, -0.15) is 0 Å². The fraction of sp³-hybridized carbons (Fsp3) is 0.294. The molecule has 1 aromatic carbocycles. The lowest BCUT2D eigenvalue weighted by Crippen LogP contribution is -2.36. The van der Waals surface area contributed by atoms with Crippen molar-refractivity contribution in [3.8, 4) is 5.69 Å². The second-order valence-corrected chi connectivity index (χ2v) is 5.61. The van der Waals surface area contributed by atoms with E-state index in [0.29, 0.717) is 31.0 Å². The number of hydrogen-bond acceptors (Lipinski definition) is 4. The summed E-state index contributed by atoms with van der Waals surface area (Å²) in [6, 6.07) is 6.76. The SMILES string of the molecule is O=C(O)c1cc(CN2CCOCC2)cn(-c2ccc(F)cc2)c1=O. The zero-order valence-corrected chi connectivity index (χ0v) is 12.9. The first-order chi connectivity index (χ1) is 11.5. The number of carboxylic acid groups (broad SMARTS) is 1. The minimum atomic E-state index is -1.28. The molecule has 0 atom stereocenters. The largest absolute Gasteiger partial charge is 0.477 e. The molecule has 0 aliphatic carbocycles. The summed E-state index contributed by atoms with van der Waals surface area (Å²) >= 11 is 0. The van der Waals surface area contributed by atoms with Gasteiger partial charge in [-0.1, -0.05) is 0 Å². The van der Waals surface area contributed by atoms with Crippen LogP contribution in [0.3, 0.4) is 0 Å². The van der Waals surface area contributed by atoms with E-state index in [2.05, 4.69) is 4.90 Å². The minimum Gasteiger partial charge on any atom is -0.477 e. The number of halogens is 1. The second-order valence-electron chi connectivity index (χ2n) is 5.61. The van der Waals surface area contributed by atoms with E-state index in [4.69, 9.17) is 4.74 Å². The number of morpholine rings is 1. The molecule has 1 aromatic heterocycles. The molecule has 7 heteroatoms. The molecule has 0 bridgehead atoms. The number of nitrogens with zero attached hydrogens (tertiary/aromatic N) is 2. The van der Waals surface area contributed by atoms with Crippen molar-refractivity contribution in [1.29, 1.82) is 0 Å². The summed E-state index contributed by atoms with van der Waals surface area (Å²) < 4.78 is 19.6. The standard InChI is InChI=1S/C17H17FN2O4/c18-13-1-3-14(4-2-13)20-11-12(9-15(16(20)21)17(22)23)10-19-5-7-24-8-6-19/h1-4,9,11H,5-8,10H2,(H,22,23). The molecule has 0 amide bonds. The van der Waals surface area contributed by atoms with Gasteiger partial charge in [0.1, 0.15) is 11.4 Å². The van der Waals surface area contributed by atoms with Crippen molar-refractivity contribution in [2.75, 3.05) is 26.3 Å². The van der Waals surface area contributed by atoms with Gasteiger partial charge in [0.15, 0.2) is 0 Å². The Morgan fingerprint density at radius 3 is 2.50 bits per heavy atom. The van der Waals surface area contributed by atoms with Crippen molar-refractivity contribution in [2.24, 2.45) is 0 Å². The van der Waals surface area contributed by atoms with Gasteiger partial charge in [-0.15, -0.1) is 0 Å². The van der Waals surface area contributed by atoms with E-state index in [1.54, 1.807) is 6.20 Å². The van der Waals surface area contributed by atoms with Gasteiger partial charge in [0.05, 0.1) is 13.2 Å². The average molecular weight is 332 g/mol. The molecule has 0 radical (unpaired) electrons. The van der Waals surface area contributed by atoms with Crippen molar-refractivity contribution in [3.63, 3.8) is 0 Å². The van der Waals surface area contributed by atoms with E-state index in [9.17, 15) is 19.1 Å². The molecular weight excluding hydrogens is 315 g/mol. The topological polar surface area (TPSA) is 71.8 Å². The van der Waals surface area contributed by atoms with Crippen molar-refractivity contribution in [2.45, 2.75) is 6.54 Å². The van der Waals surface area contributed by atoms with Crippen LogP contribution in [0.5, 0.6) is 0 Å². The highest BCUT2D eigenvalue weighted by Crippen LogP contribution is 2.12. The number of pyridine rings is 1. The second kappa shape index (κ2) is 6.94. The predicted molar refractivity (Wildman–Crippen MR) is 85.1 cm³/mol. The smallest absolute Gasteiger partial charge is 0.341 e. The van der Waals surface area contributed by atoms with Crippen LogP contribution in [0.2, 0.25) is 0 Å². The fourth-order valence-electron chi connectivity index (χ4n) is 2.69. The first-order valence-electron chi connectivity index (χ1n) is 7.59. The van der Waals surface area contributed by atoms with E-state index in [1.165, 1.54) is 34.9 Å². The van der Waals surface area contributed by atoms with Gasteiger partial charge in [-0.3, -0.25) is 14.3 Å². The summed E-state index contributed by atoms with van der Waals surface area (Å²) in [6.45, 7) is 3.27. The van der Waals surface area contributed by atoms with Gasteiger partial charge >= 0.3 is 5.97 Å². The van der Waals surface area contributed by atoms with Crippen LogP contribution in [0.1, 0.15) is 15.9 Å². The van der Waals surface area contributed by atoms with Crippen molar-refractivity contribution in [1.82, 2.24) is 9.47 Å². The molecule has 126 valence electrons. The first-order valence-corrected chi connectivity index (χ1v) is 7.59. The molecule has 0 saturated carbocycles. The normalized spacial score (nSPS) is 15.4. The van der Waals surface area contributed by atoms with Gasteiger partial charge in [0.2, 0.25) is 0 Å². The molecule has 0 unspecified atom stereocenters. The predicted octanol–water partition coefficient (Wildman–Crippen LogP) is 1.51. The summed E-state index contributed by atoms with van der Waals surface area (Å²) in [5.41, 5.74) is 0.191. The van der Waals surface area contributed by atoms with Gasteiger partial charge in [-0.05, 0) is 35.9 Å². The zero-order chi connectivity index (χ0) is 17.1. The Bertz CT molecular complexity index is 795.